The molecule has 1 rings (SSSR count). The van der Waals surface area contributed by atoms with Gasteiger partial charge in [0.25, 0.3) is 0 Å². The fourth-order valence-electron chi connectivity index (χ4n) is 0.752. The highest BCUT2D eigenvalue weighted by molar-refractivity contribution is 4.83. The van der Waals surface area contributed by atoms with Gasteiger partial charge in [0.05, 0.1) is 12.6 Å². The van der Waals surface area contributed by atoms with Crippen LogP contribution in [0.1, 0.15) is 0 Å². The molecule has 0 aromatic heterocycles. The molecule has 1 saturated heterocycles. The second-order valence-electron chi connectivity index (χ2n) is 1.99. The van der Waals surface area contributed by atoms with E-state index in [1.807, 2.05) is 0 Å². The van der Waals surface area contributed by atoms with Crippen LogP contribution in [0.3, 0.4) is 0 Å². The first-order chi connectivity index (χ1) is 4.75. The molecule has 0 aromatic rings. The van der Waals surface area contributed by atoms with E-state index in [-0.39, 0.29) is 6.61 Å². The summed E-state index contributed by atoms with van der Waals surface area (Å²) in [5, 5.41) is 20.9. The molecule has 6 heteroatoms. The third kappa shape index (κ3) is 1.19. The molecule has 0 bridgehead atoms. The van der Waals surface area contributed by atoms with Gasteiger partial charge in [-0.05, 0) is 5.53 Å². The largest absolute Gasteiger partial charge is 0.387 e. The maximum atomic E-state index is 8.95. The van der Waals surface area contributed by atoms with Gasteiger partial charge < -0.3 is 14.9 Å². The fraction of sp³-hybridized carbons (Fsp3) is 1.00. The number of hydrogen-bond acceptors (Lipinski definition) is 4. The molecule has 10 heavy (non-hydrogen) atoms. The Morgan fingerprint density at radius 2 is 2.30 bits per heavy atom. The lowest BCUT2D eigenvalue weighted by Crippen LogP contribution is -2.27. The first-order valence-electron chi connectivity index (χ1n) is 2.77. The quantitative estimate of drug-likeness (QED) is 0.292. The molecule has 1 unspecified atom stereocenters. The number of hydrogen-bond donors (Lipinski definition) is 2. The van der Waals surface area contributed by atoms with E-state index in [2.05, 4.69) is 14.8 Å². The van der Waals surface area contributed by atoms with Crippen LogP contribution in [-0.4, -0.2) is 35.3 Å². The monoisotopic (exact) mass is 145 g/mol. The Morgan fingerprint density at radius 1 is 1.60 bits per heavy atom. The summed E-state index contributed by atoms with van der Waals surface area (Å²) in [6, 6.07) is -0.653. The molecule has 1 aliphatic rings. The molecule has 3 atom stereocenters. The molecule has 0 saturated carbocycles. The minimum atomic E-state index is -1.21. The zero-order chi connectivity index (χ0) is 7.56. The van der Waals surface area contributed by atoms with Crippen molar-refractivity contribution in [3.8, 4) is 0 Å². The predicted octanol–water partition coefficient (Wildman–Crippen LogP) is -0.625. The first kappa shape index (κ1) is 7.30. The van der Waals surface area contributed by atoms with Crippen molar-refractivity contribution in [1.82, 2.24) is 0 Å². The number of nitrogens with zero attached hydrogens (tertiary/aromatic N) is 3. The predicted molar refractivity (Wildman–Crippen MR) is 30.9 cm³/mol. The minimum absolute atomic E-state index is 0.0758. The SMILES string of the molecule is [N-]=[N+]=N[C@H]1COC(O)[C@H]1O. The summed E-state index contributed by atoms with van der Waals surface area (Å²) in [7, 11) is 0. The average Bonchev–Trinajstić information content (AvgIpc) is 2.20. The number of ether oxygens (including phenoxy) is 1. The van der Waals surface area contributed by atoms with Gasteiger partial charge in [-0.25, -0.2) is 0 Å². The zero-order valence-electron chi connectivity index (χ0n) is 5.08. The summed E-state index contributed by atoms with van der Waals surface area (Å²) in [6.07, 6.45) is -2.30. The molecule has 1 fully saturated rings. The van der Waals surface area contributed by atoms with Crippen molar-refractivity contribution in [2.24, 2.45) is 5.11 Å². The molecule has 0 radical (unpaired) electrons. The van der Waals surface area contributed by atoms with Crippen molar-refractivity contribution >= 4 is 0 Å². The second kappa shape index (κ2) is 2.85. The fourth-order valence-corrected chi connectivity index (χ4v) is 0.752. The van der Waals surface area contributed by atoms with Gasteiger partial charge in [-0.1, -0.05) is 5.11 Å². The summed E-state index contributed by atoms with van der Waals surface area (Å²) < 4.78 is 4.57. The van der Waals surface area contributed by atoms with Crippen molar-refractivity contribution in [3.05, 3.63) is 10.4 Å². The molecule has 6 nitrogen and oxygen atoms in total. The van der Waals surface area contributed by atoms with Gasteiger partial charge >= 0.3 is 0 Å². The summed E-state index contributed by atoms with van der Waals surface area (Å²) in [4.78, 5) is 2.48. The van der Waals surface area contributed by atoms with E-state index in [9.17, 15) is 0 Å². The topological polar surface area (TPSA) is 98.5 Å². The van der Waals surface area contributed by atoms with Gasteiger partial charge in [-0.2, -0.15) is 0 Å². The number of azide groups is 1. The van der Waals surface area contributed by atoms with E-state index in [0.717, 1.165) is 0 Å². The van der Waals surface area contributed by atoms with E-state index in [0.29, 0.717) is 0 Å². The van der Waals surface area contributed by atoms with Crippen LogP contribution < -0.4 is 0 Å². The van der Waals surface area contributed by atoms with Crippen LogP contribution in [-0.2, 0) is 4.74 Å². The molecule has 1 heterocycles. The molecule has 56 valence electrons. The average molecular weight is 145 g/mol. The van der Waals surface area contributed by atoms with Gasteiger partial charge in [0, 0.05) is 4.91 Å². The van der Waals surface area contributed by atoms with Crippen molar-refractivity contribution < 1.29 is 14.9 Å². The number of aliphatic hydroxyl groups excluding tert-OH is 2. The summed E-state index contributed by atoms with van der Waals surface area (Å²) in [6.45, 7) is 0.0758. The van der Waals surface area contributed by atoms with Crippen molar-refractivity contribution in [1.29, 1.82) is 0 Å². The number of rotatable bonds is 1. The molecule has 2 N–H and O–H groups in total. The zero-order valence-corrected chi connectivity index (χ0v) is 5.08. The Hall–Kier alpha value is -0.810. The summed E-state index contributed by atoms with van der Waals surface area (Å²) in [5.41, 5.74) is 7.94. The van der Waals surface area contributed by atoms with E-state index in [4.69, 9.17) is 15.7 Å². The van der Waals surface area contributed by atoms with Crippen LogP contribution in [0.5, 0.6) is 0 Å². The lowest BCUT2D eigenvalue weighted by atomic mass is 10.2. The highest BCUT2D eigenvalue weighted by Crippen LogP contribution is 2.14. The van der Waals surface area contributed by atoms with Crippen LogP contribution in [0.25, 0.3) is 10.4 Å². The normalized spacial score (nSPS) is 39.2. The Bertz CT molecular complexity index is 167. The van der Waals surface area contributed by atoms with Crippen LogP contribution in [0.2, 0.25) is 0 Å². The van der Waals surface area contributed by atoms with E-state index in [1.54, 1.807) is 0 Å². The minimum Gasteiger partial charge on any atom is -0.387 e. The summed E-state index contributed by atoms with van der Waals surface area (Å²) in [5.74, 6) is 0. The Labute approximate surface area is 56.7 Å². The Kier molecular flexibility index (Phi) is 2.08. The van der Waals surface area contributed by atoms with Crippen molar-refractivity contribution in [2.75, 3.05) is 6.61 Å². The Morgan fingerprint density at radius 3 is 2.70 bits per heavy atom. The van der Waals surface area contributed by atoms with E-state index < -0.39 is 18.4 Å². The third-order valence-corrected chi connectivity index (χ3v) is 1.32. The van der Waals surface area contributed by atoms with Gasteiger partial charge in [-0.15, -0.1) is 0 Å². The molecular formula is C4H7N3O3. The number of aliphatic hydroxyl groups is 2. The smallest absolute Gasteiger partial charge is 0.181 e. The molecular weight excluding hydrogens is 138 g/mol. The van der Waals surface area contributed by atoms with E-state index in [1.165, 1.54) is 0 Å². The van der Waals surface area contributed by atoms with Gasteiger partial charge in [-0.3, -0.25) is 0 Å². The van der Waals surface area contributed by atoms with Crippen LogP contribution in [0, 0.1) is 0 Å². The maximum absolute atomic E-state index is 8.95. The molecule has 1 aliphatic heterocycles. The van der Waals surface area contributed by atoms with Gasteiger partial charge in [0.15, 0.2) is 6.29 Å². The lowest BCUT2D eigenvalue weighted by Gasteiger charge is -2.06. The standard InChI is InChI=1S/C4H7N3O3/c5-7-6-2-1-10-4(9)3(2)8/h2-4,8-9H,1H2/t2-,3-,4?/m0/s1. The third-order valence-electron chi connectivity index (χ3n) is 1.32. The molecule has 0 aromatic carbocycles. The summed E-state index contributed by atoms with van der Waals surface area (Å²) >= 11 is 0. The molecule has 0 amide bonds. The maximum Gasteiger partial charge on any atom is 0.181 e. The first-order valence-corrected chi connectivity index (χ1v) is 2.77. The van der Waals surface area contributed by atoms with Crippen LogP contribution in [0.4, 0.5) is 0 Å². The highest BCUT2D eigenvalue weighted by atomic mass is 16.6. The van der Waals surface area contributed by atoms with Crippen LogP contribution in [0.15, 0.2) is 5.11 Å². The highest BCUT2D eigenvalue weighted by Gasteiger charge is 2.33. The molecule has 0 aliphatic carbocycles. The Balaban J connectivity index is 2.56. The van der Waals surface area contributed by atoms with Gasteiger partial charge in [0.1, 0.15) is 6.10 Å². The van der Waals surface area contributed by atoms with Crippen molar-refractivity contribution in [2.45, 2.75) is 18.4 Å². The van der Waals surface area contributed by atoms with Crippen molar-refractivity contribution in [3.63, 3.8) is 0 Å². The van der Waals surface area contributed by atoms with E-state index >= 15 is 0 Å². The molecule has 0 spiro atoms. The van der Waals surface area contributed by atoms with Gasteiger partial charge in [0.2, 0.25) is 0 Å². The lowest BCUT2D eigenvalue weighted by molar-refractivity contribution is -0.108. The second-order valence-corrected chi connectivity index (χ2v) is 1.99. The van der Waals surface area contributed by atoms with Crippen LogP contribution >= 0.6 is 0 Å².